The Bertz CT molecular complexity index is 634. The van der Waals surface area contributed by atoms with Crippen molar-refractivity contribution in [1.82, 2.24) is 0 Å². The molecule has 1 N–H and O–H groups in total. The molecule has 0 heterocycles. The normalized spacial score (nSPS) is 12.2. The highest BCUT2D eigenvalue weighted by Gasteiger charge is 2.29. The fraction of sp³-hybridized carbons (Fsp3) is 0.176. The standard InChI is InChI=1S/C17H14F3N/c1-13(7-8-14-5-3-2-4-6-14)21-16-11-9-15(10-12-16)17(18,19)20/h2-6,9-13,21H,1H3/t13-/m1/s1. The Kier molecular flexibility index (Phi) is 4.54. The molecule has 1 atom stereocenters. The second-order valence-electron chi connectivity index (χ2n) is 4.58. The summed E-state index contributed by atoms with van der Waals surface area (Å²) in [6, 6.07) is 14.3. The van der Waals surface area contributed by atoms with Gasteiger partial charge in [0.05, 0.1) is 11.6 Å². The molecule has 0 amide bonds. The lowest BCUT2D eigenvalue weighted by Crippen LogP contribution is -2.13. The number of alkyl halides is 3. The van der Waals surface area contributed by atoms with Crippen LogP contribution in [0.25, 0.3) is 0 Å². The first-order valence-corrected chi connectivity index (χ1v) is 6.45. The molecular formula is C17H14F3N. The van der Waals surface area contributed by atoms with E-state index < -0.39 is 11.7 Å². The quantitative estimate of drug-likeness (QED) is 0.799. The van der Waals surface area contributed by atoms with Crippen molar-refractivity contribution in [3.8, 4) is 11.8 Å². The summed E-state index contributed by atoms with van der Waals surface area (Å²) in [6.45, 7) is 1.85. The Morgan fingerprint density at radius 1 is 0.952 bits per heavy atom. The molecule has 2 aromatic carbocycles. The summed E-state index contributed by atoms with van der Waals surface area (Å²) in [7, 11) is 0. The average Bonchev–Trinajstić information content (AvgIpc) is 2.46. The highest BCUT2D eigenvalue weighted by Crippen LogP contribution is 2.29. The minimum Gasteiger partial charge on any atom is -0.372 e. The Labute approximate surface area is 121 Å². The smallest absolute Gasteiger partial charge is 0.372 e. The van der Waals surface area contributed by atoms with Gasteiger partial charge >= 0.3 is 6.18 Å². The molecule has 0 aromatic heterocycles. The second-order valence-corrected chi connectivity index (χ2v) is 4.58. The van der Waals surface area contributed by atoms with Crippen molar-refractivity contribution in [1.29, 1.82) is 0 Å². The molecule has 0 bridgehead atoms. The minimum absolute atomic E-state index is 0.165. The van der Waals surface area contributed by atoms with Crippen LogP contribution in [0.15, 0.2) is 54.6 Å². The molecule has 0 unspecified atom stereocenters. The van der Waals surface area contributed by atoms with E-state index in [-0.39, 0.29) is 6.04 Å². The first kappa shape index (κ1) is 15.0. The Morgan fingerprint density at radius 2 is 1.57 bits per heavy atom. The van der Waals surface area contributed by atoms with Gasteiger partial charge in [0.15, 0.2) is 0 Å². The fourth-order valence-corrected chi connectivity index (χ4v) is 1.75. The van der Waals surface area contributed by atoms with Crippen LogP contribution in [0.2, 0.25) is 0 Å². The summed E-state index contributed by atoms with van der Waals surface area (Å²) in [5, 5.41) is 3.05. The summed E-state index contributed by atoms with van der Waals surface area (Å²) in [4.78, 5) is 0. The van der Waals surface area contributed by atoms with Crippen LogP contribution in [0.3, 0.4) is 0 Å². The van der Waals surface area contributed by atoms with Gasteiger partial charge in [-0.25, -0.2) is 0 Å². The molecule has 4 heteroatoms. The molecule has 0 spiro atoms. The monoisotopic (exact) mass is 289 g/mol. The number of hydrogen-bond acceptors (Lipinski definition) is 1. The zero-order valence-electron chi connectivity index (χ0n) is 11.4. The highest BCUT2D eigenvalue weighted by atomic mass is 19.4. The molecule has 108 valence electrons. The lowest BCUT2D eigenvalue weighted by Gasteiger charge is -2.11. The third-order valence-electron chi connectivity index (χ3n) is 2.80. The van der Waals surface area contributed by atoms with Crippen molar-refractivity contribution >= 4 is 5.69 Å². The molecule has 0 fully saturated rings. The van der Waals surface area contributed by atoms with Crippen molar-refractivity contribution in [3.63, 3.8) is 0 Å². The largest absolute Gasteiger partial charge is 0.416 e. The molecule has 0 saturated carbocycles. The average molecular weight is 289 g/mol. The number of rotatable bonds is 2. The molecular weight excluding hydrogens is 275 g/mol. The Hall–Kier alpha value is -2.41. The van der Waals surface area contributed by atoms with Crippen molar-refractivity contribution in [2.24, 2.45) is 0 Å². The van der Waals surface area contributed by atoms with Gasteiger partial charge in [-0.15, -0.1) is 0 Å². The van der Waals surface area contributed by atoms with E-state index >= 15 is 0 Å². The van der Waals surface area contributed by atoms with Gasteiger partial charge in [-0.05, 0) is 43.3 Å². The number of hydrogen-bond donors (Lipinski definition) is 1. The zero-order valence-corrected chi connectivity index (χ0v) is 11.4. The van der Waals surface area contributed by atoms with Crippen LogP contribution in [0, 0.1) is 11.8 Å². The molecule has 2 rings (SSSR count). The van der Waals surface area contributed by atoms with Gasteiger partial charge in [0, 0.05) is 11.3 Å². The molecule has 0 aliphatic heterocycles. The predicted octanol–water partition coefficient (Wildman–Crippen LogP) is 4.56. The van der Waals surface area contributed by atoms with Gasteiger partial charge in [-0.3, -0.25) is 0 Å². The first-order valence-electron chi connectivity index (χ1n) is 6.45. The number of benzene rings is 2. The molecule has 2 aromatic rings. The van der Waals surface area contributed by atoms with Gasteiger partial charge in [-0.1, -0.05) is 30.0 Å². The maximum atomic E-state index is 12.4. The molecule has 0 saturated heterocycles. The summed E-state index contributed by atoms with van der Waals surface area (Å²) < 4.78 is 37.3. The zero-order chi connectivity index (χ0) is 15.3. The summed E-state index contributed by atoms with van der Waals surface area (Å²) in [6.07, 6.45) is -4.31. The molecule has 1 nitrogen and oxygen atoms in total. The van der Waals surface area contributed by atoms with Crippen molar-refractivity contribution < 1.29 is 13.2 Å². The maximum absolute atomic E-state index is 12.4. The van der Waals surface area contributed by atoms with E-state index in [0.717, 1.165) is 17.7 Å². The van der Waals surface area contributed by atoms with Crippen LogP contribution < -0.4 is 5.32 Å². The molecule has 0 aliphatic carbocycles. The minimum atomic E-state index is -4.31. The summed E-state index contributed by atoms with van der Waals surface area (Å²) in [5.74, 6) is 6.02. The topological polar surface area (TPSA) is 12.0 Å². The lowest BCUT2D eigenvalue weighted by molar-refractivity contribution is -0.137. The van der Waals surface area contributed by atoms with E-state index in [1.54, 1.807) is 0 Å². The van der Waals surface area contributed by atoms with E-state index in [2.05, 4.69) is 17.2 Å². The Morgan fingerprint density at radius 3 is 2.14 bits per heavy atom. The van der Waals surface area contributed by atoms with Gasteiger partial charge < -0.3 is 5.32 Å². The second kappa shape index (κ2) is 6.36. The number of halogens is 3. The summed E-state index contributed by atoms with van der Waals surface area (Å²) >= 11 is 0. The van der Waals surface area contributed by atoms with Gasteiger partial charge in [0.2, 0.25) is 0 Å². The van der Waals surface area contributed by atoms with Crippen molar-refractivity contribution in [3.05, 3.63) is 65.7 Å². The molecule has 0 radical (unpaired) electrons. The van der Waals surface area contributed by atoms with Crippen LogP contribution in [0.1, 0.15) is 18.1 Å². The van der Waals surface area contributed by atoms with E-state index in [1.165, 1.54) is 12.1 Å². The SMILES string of the molecule is C[C@H](C#Cc1ccccc1)Nc1ccc(C(F)(F)F)cc1. The predicted molar refractivity (Wildman–Crippen MR) is 77.8 cm³/mol. The number of nitrogens with one attached hydrogen (secondary N) is 1. The van der Waals surface area contributed by atoms with E-state index in [1.807, 2.05) is 37.3 Å². The molecule has 0 aliphatic rings. The van der Waals surface area contributed by atoms with Gasteiger partial charge in [0.25, 0.3) is 0 Å². The first-order chi connectivity index (χ1) is 9.95. The maximum Gasteiger partial charge on any atom is 0.416 e. The van der Waals surface area contributed by atoms with Crippen LogP contribution in [-0.2, 0) is 6.18 Å². The van der Waals surface area contributed by atoms with Gasteiger partial charge in [-0.2, -0.15) is 13.2 Å². The highest BCUT2D eigenvalue weighted by molar-refractivity contribution is 5.48. The summed E-state index contributed by atoms with van der Waals surface area (Å²) in [5.41, 5.74) is 0.854. The van der Waals surface area contributed by atoms with Gasteiger partial charge in [0.1, 0.15) is 0 Å². The van der Waals surface area contributed by atoms with Crippen LogP contribution >= 0.6 is 0 Å². The van der Waals surface area contributed by atoms with E-state index in [9.17, 15) is 13.2 Å². The van der Waals surface area contributed by atoms with E-state index in [4.69, 9.17) is 0 Å². The van der Waals surface area contributed by atoms with E-state index in [0.29, 0.717) is 5.69 Å². The van der Waals surface area contributed by atoms with Crippen molar-refractivity contribution in [2.45, 2.75) is 19.1 Å². The van der Waals surface area contributed by atoms with Crippen LogP contribution in [0.5, 0.6) is 0 Å². The lowest BCUT2D eigenvalue weighted by atomic mass is 10.2. The van der Waals surface area contributed by atoms with Crippen LogP contribution in [0.4, 0.5) is 18.9 Å². The van der Waals surface area contributed by atoms with Crippen molar-refractivity contribution in [2.75, 3.05) is 5.32 Å². The third-order valence-corrected chi connectivity index (χ3v) is 2.80. The number of anilines is 1. The Balaban J connectivity index is 2.00. The molecule has 21 heavy (non-hydrogen) atoms. The third kappa shape index (κ3) is 4.57. The van der Waals surface area contributed by atoms with Crippen LogP contribution in [-0.4, -0.2) is 6.04 Å². The fourth-order valence-electron chi connectivity index (χ4n) is 1.75.